The van der Waals surface area contributed by atoms with Gasteiger partial charge in [0.15, 0.2) is 6.61 Å². The van der Waals surface area contributed by atoms with Crippen LogP contribution in [-0.4, -0.2) is 31.6 Å². The highest BCUT2D eigenvalue weighted by atomic mass is 19.1. The maximum Gasteiger partial charge on any atom is 0.339 e. The molecule has 2 rings (SSSR count). The van der Waals surface area contributed by atoms with Gasteiger partial charge in [-0.25, -0.2) is 9.18 Å². The molecule has 0 spiro atoms. The summed E-state index contributed by atoms with van der Waals surface area (Å²) in [7, 11) is 1.23. The molecule has 7 heteroatoms. The highest BCUT2D eigenvalue weighted by Crippen LogP contribution is 2.15. The van der Waals surface area contributed by atoms with Gasteiger partial charge in [-0.15, -0.1) is 0 Å². The first-order valence-electron chi connectivity index (χ1n) is 7.37. The highest BCUT2D eigenvalue weighted by Gasteiger charge is 2.14. The number of halogens is 1. The molecule has 1 N–H and O–H groups in total. The number of para-hydroxylation sites is 1. The Labute approximate surface area is 143 Å². The van der Waals surface area contributed by atoms with E-state index in [-0.39, 0.29) is 17.7 Å². The van der Waals surface area contributed by atoms with E-state index in [4.69, 9.17) is 4.74 Å². The van der Waals surface area contributed by atoms with Crippen molar-refractivity contribution < 1.29 is 28.2 Å². The Balaban J connectivity index is 1.89. The Bertz CT molecular complexity index is 791. The fourth-order valence-corrected chi connectivity index (χ4v) is 2.08. The second-order valence-electron chi connectivity index (χ2n) is 5.05. The molecule has 130 valence electrons. The number of nitrogens with one attached hydrogen (secondary N) is 1. The molecule has 0 aliphatic carbocycles. The summed E-state index contributed by atoms with van der Waals surface area (Å²) in [5.41, 5.74) is 0.881. The summed E-state index contributed by atoms with van der Waals surface area (Å²) in [6, 6.07) is 11.8. The third kappa shape index (κ3) is 5.42. The number of hydrogen-bond donors (Lipinski definition) is 1. The maximum atomic E-state index is 13.1. The lowest BCUT2D eigenvalue weighted by atomic mass is 10.1. The van der Waals surface area contributed by atoms with Gasteiger partial charge < -0.3 is 14.8 Å². The minimum atomic E-state index is -0.665. The molecule has 0 radical (unpaired) electrons. The van der Waals surface area contributed by atoms with E-state index >= 15 is 0 Å². The summed E-state index contributed by atoms with van der Waals surface area (Å²) in [6.45, 7) is -0.524. The van der Waals surface area contributed by atoms with Crippen molar-refractivity contribution in [2.45, 2.75) is 6.42 Å². The number of rotatable bonds is 6. The van der Waals surface area contributed by atoms with E-state index in [2.05, 4.69) is 10.1 Å². The van der Waals surface area contributed by atoms with Gasteiger partial charge in [0, 0.05) is 0 Å². The standard InChI is InChI=1S/C18H16FNO5/c1-24-18(23)14-7-2-3-8-15(14)20-16(21)11-25-17(22)10-12-5-4-6-13(19)9-12/h2-9H,10-11H2,1H3,(H,20,21). The van der Waals surface area contributed by atoms with Crippen LogP contribution in [0, 0.1) is 5.82 Å². The Kier molecular flexibility index (Phi) is 6.22. The van der Waals surface area contributed by atoms with Crippen molar-refractivity contribution in [2.24, 2.45) is 0 Å². The molecule has 0 heterocycles. The molecule has 0 saturated carbocycles. The number of carbonyl (C=O) groups is 3. The van der Waals surface area contributed by atoms with Crippen LogP contribution < -0.4 is 5.32 Å². The zero-order valence-corrected chi connectivity index (χ0v) is 13.5. The zero-order valence-electron chi connectivity index (χ0n) is 13.5. The van der Waals surface area contributed by atoms with Gasteiger partial charge in [0.25, 0.3) is 5.91 Å². The van der Waals surface area contributed by atoms with Crippen LogP contribution in [0.4, 0.5) is 10.1 Å². The molecule has 2 aromatic carbocycles. The smallest absolute Gasteiger partial charge is 0.339 e. The Morgan fingerprint density at radius 2 is 1.84 bits per heavy atom. The quantitative estimate of drug-likeness (QED) is 0.813. The molecular weight excluding hydrogens is 329 g/mol. The number of esters is 2. The van der Waals surface area contributed by atoms with Crippen molar-refractivity contribution in [3.8, 4) is 0 Å². The molecule has 6 nitrogen and oxygen atoms in total. The molecule has 0 aliphatic heterocycles. The van der Waals surface area contributed by atoms with Crippen molar-refractivity contribution in [1.29, 1.82) is 0 Å². The number of benzene rings is 2. The molecule has 0 saturated heterocycles. The average molecular weight is 345 g/mol. The van der Waals surface area contributed by atoms with Gasteiger partial charge in [-0.2, -0.15) is 0 Å². The topological polar surface area (TPSA) is 81.7 Å². The van der Waals surface area contributed by atoms with Gasteiger partial charge in [-0.3, -0.25) is 9.59 Å². The molecule has 0 unspecified atom stereocenters. The van der Waals surface area contributed by atoms with Crippen molar-refractivity contribution in [3.05, 3.63) is 65.5 Å². The van der Waals surface area contributed by atoms with Gasteiger partial charge in [0.05, 0.1) is 24.8 Å². The summed E-state index contributed by atoms with van der Waals surface area (Å²) in [5.74, 6) is -2.33. The zero-order chi connectivity index (χ0) is 18.2. The van der Waals surface area contributed by atoms with E-state index in [0.717, 1.165) is 0 Å². The van der Waals surface area contributed by atoms with Crippen molar-refractivity contribution >= 4 is 23.5 Å². The number of ether oxygens (including phenoxy) is 2. The monoisotopic (exact) mass is 345 g/mol. The van der Waals surface area contributed by atoms with Crippen LogP contribution in [-0.2, 0) is 25.5 Å². The van der Waals surface area contributed by atoms with Crippen LogP contribution in [0.25, 0.3) is 0 Å². The molecule has 1 amide bonds. The Morgan fingerprint density at radius 3 is 2.56 bits per heavy atom. The first-order chi connectivity index (χ1) is 12.0. The third-order valence-electron chi connectivity index (χ3n) is 3.21. The summed E-state index contributed by atoms with van der Waals surface area (Å²) in [6.07, 6.45) is -0.149. The molecule has 25 heavy (non-hydrogen) atoms. The molecule has 0 aliphatic rings. The SMILES string of the molecule is COC(=O)c1ccccc1NC(=O)COC(=O)Cc1cccc(F)c1. The predicted octanol–water partition coefficient (Wildman–Crippen LogP) is 2.34. The predicted molar refractivity (Wildman–Crippen MR) is 87.5 cm³/mol. The van der Waals surface area contributed by atoms with E-state index < -0.39 is 30.3 Å². The van der Waals surface area contributed by atoms with Crippen LogP contribution in [0.1, 0.15) is 15.9 Å². The fraction of sp³-hybridized carbons (Fsp3) is 0.167. The normalized spacial score (nSPS) is 10.0. The molecule has 2 aromatic rings. The van der Waals surface area contributed by atoms with Crippen molar-refractivity contribution in [2.75, 3.05) is 19.0 Å². The Morgan fingerprint density at radius 1 is 1.08 bits per heavy atom. The lowest BCUT2D eigenvalue weighted by Gasteiger charge is -2.10. The first kappa shape index (κ1) is 18.1. The Hall–Kier alpha value is -3.22. The van der Waals surface area contributed by atoms with E-state index in [1.54, 1.807) is 18.2 Å². The molecule has 0 bridgehead atoms. The van der Waals surface area contributed by atoms with E-state index in [9.17, 15) is 18.8 Å². The van der Waals surface area contributed by atoms with Gasteiger partial charge in [0.1, 0.15) is 5.82 Å². The van der Waals surface area contributed by atoms with Crippen LogP contribution in [0.15, 0.2) is 48.5 Å². The fourth-order valence-electron chi connectivity index (χ4n) is 2.08. The first-order valence-corrected chi connectivity index (χ1v) is 7.37. The highest BCUT2D eigenvalue weighted by molar-refractivity contribution is 6.01. The van der Waals surface area contributed by atoms with Gasteiger partial charge in [-0.05, 0) is 29.8 Å². The van der Waals surface area contributed by atoms with Crippen LogP contribution in [0.3, 0.4) is 0 Å². The minimum Gasteiger partial charge on any atom is -0.465 e. The molecule has 0 fully saturated rings. The molecular formula is C18H16FNO5. The van der Waals surface area contributed by atoms with Crippen molar-refractivity contribution in [3.63, 3.8) is 0 Å². The van der Waals surface area contributed by atoms with Crippen LogP contribution in [0.5, 0.6) is 0 Å². The second kappa shape index (κ2) is 8.58. The van der Waals surface area contributed by atoms with Gasteiger partial charge in [-0.1, -0.05) is 24.3 Å². The van der Waals surface area contributed by atoms with Crippen LogP contribution in [0.2, 0.25) is 0 Å². The van der Waals surface area contributed by atoms with E-state index in [0.29, 0.717) is 5.56 Å². The van der Waals surface area contributed by atoms with Gasteiger partial charge >= 0.3 is 11.9 Å². The largest absolute Gasteiger partial charge is 0.465 e. The summed E-state index contributed by atoms with van der Waals surface area (Å²) in [5, 5.41) is 2.48. The summed E-state index contributed by atoms with van der Waals surface area (Å²) in [4.78, 5) is 35.2. The maximum absolute atomic E-state index is 13.1. The number of hydrogen-bond acceptors (Lipinski definition) is 5. The number of anilines is 1. The van der Waals surface area contributed by atoms with Crippen LogP contribution >= 0.6 is 0 Å². The summed E-state index contributed by atoms with van der Waals surface area (Å²) >= 11 is 0. The van der Waals surface area contributed by atoms with E-state index in [1.165, 1.54) is 37.4 Å². The van der Waals surface area contributed by atoms with Crippen molar-refractivity contribution in [1.82, 2.24) is 0 Å². The number of methoxy groups -OCH3 is 1. The van der Waals surface area contributed by atoms with E-state index in [1.807, 2.05) is 0 Å². The number of amides is 1. The lowest BCUT2D eigenvalue weighted by molar-refractivity contribution is -0.146. The number of carbonyl (C=O) groups excluding carboxylic acids is 3. The van der Waals surface area contributed by atoms with Gasteiger partial charge in [0.2, 0.25) is 0 Å². The average Bonchev–Trinajstić information content (AvgIpc) is 2.60. The lowest BCUT2D eigenvalue weighted by Crippen LogP contribution is -2.22. The minimum absolute atomic E-state index is 0.149. The molecule has 0 atom stereocenters. The third-order valence-corrected chi connectivity index (χ3v) is 3.21. The summed E-state index contributed by atoms with van der Waals surface area (Å²) < 4.78 is 22.5. The second-order valence-corrected chi connectivity index (χ2v) is 5.05. The molecule has 0 aromatic heterocycles.